The molecular weight excluding hydrogens is 316 g/mol. The van der Waals surface area contributed by atoms with Crippen LogP contribution >= 0.6 is 43.2 Å². The second-order valence-electron chi connectivity index (χ2n) is 2.55. The summed E-state index contributed by atoms with van der Waals surface area (Å²) in [5.41, 5.74) is 0. The van der Waals surface area contributed by atoms with Crippen molar-refractivity contribution in [3.63, 3.8) is 0 Å². The summed E-state index contributed by atoms with van der Waals surface area (Å²) in [5.74, 6) is 0.897. The summed E-state index contributed by atoms with van der Waals surface area (Å²) < 4.78 is 8.61. The first-order valence-electron chi connectivity index (χ1n) is 3.64. The van der Waals surface area contributed by atoms with Crippen LogP contribution in [0.25, 0.3) is 10.1 Å². The van der Waals surface area contributed by atoms with Gasteiger partial charge in [0.25, 0.3) is 0 Å². The third kappa shape index (κ3) is 1.63. The molecule has 2 rings (SSSR count). The van der Waals surface area contributed by atoms with Gasteiger partial charge in [0.1, 0.15) is 5.75 Å². The van der Waals surface area contributed by atoms with Crippen LogP contribution in [0.1, 0.15) is 0 Å². The monoisotopic (exact) mass is 320 g/mol. The molecule has 0 aliphatic heterocycles. The first-order valence-corrected chi connectivity index (χ1v) is 6.04. The van der Waals surface area contributed by atoms with Crippen molar-refractivity contribution < 1.29 is 4.74 Å². The van der Waals surface area contributed by atoms with Crippen molar-refractivity contribution in [3.8, 4) is 5.75 Å². The molecule has 1 aromatic heterocycles. The van der Waals surface area contributed by atoms with Crippen molar-refractivity contribution in [1.82, 2.24) is 0 Å². The molecule has 0 unspecified atom stereocenters. The topological polar surface area (TPSA) is 9.23 Å². The molecule has 1 aromatic carbocycles. The van der Waals surface area contributed by atoms with Gasteiger partial charge in [-0.15, -0.1) is 11.3 Å². The highest BCUT2D eigenvalue weighted by Gasteiger charge is 2.07. The lowest BCUT2D eigenvalue weighted by Gasteiger charge is -1.97. The van der Waals surface area contributed by atoms with E-state index in [-0.39, 0.29) is 0 Å². The van der Waals surface area contributed by atoms with Crippen molar-refractivity contribution >= 4 is 53.3 Å². The van der Waals surface area contributed by atoms with E-state index in [0.29, 0.717) is 0 Å². The normalized spacial score (nSPS) is 10.7. The number of thiophene rings is 1. The Hall–Kier alpha value is -0.0600. The average molecular weight is 322 g/mol. The second-order valence-corrected chi connectivity index (χ2v) is 5.71. The zero-order valence-corrected chi connectivity index (χ0v) is 10.8. The SMILES string of the molecule is COc1ccc2c(Br)c(Br)sc2c1. The van der Waals surface area contributed by atoms with Gasteiger partial charge >= 0.3 is 0 Å². The molecule has 0 aliphatic carbocycles. The van der Waals surface area contributed by atoms with Crippen LogP contribution in [0.4, 0.5) is 0 Å². The highest BCUT2D eigenvalue weighted by atomic mass is 79.9. The second kappa shape index (κ2) is 3.59. The van der Waals surface area contributed by atoms with E-state index in [1.807, 2.05) is 12.1 Å². The minimum atomic E-state index is 0.897. The molecule has 0 radical (unpaired) electrons. The quantitative estimate of drug-likeness (QED) is 0.754. The molecule has 0 fully saturated rings. The molecule has 0 bridgehead atoms. The van der Waals surface area contributed by atoms with Crippen molar-refractivity contribution in [3.05, 3.63) is 26.5 Å². The highest BCUT2D eigenvalue weighted by molar-refractivity contribution is 9.13. The largest absolute Gasteiger partial charge is 0.497 e. The molecule has 1 heterocycles. The molecule has 0 saturated heterocycles. The lowest BCUT2D eigenvalue weighted by atomic mass is 10.2. The van der Waals surface area contributed by atoms with Crippen LogP contribution in [-0.4, -0.2) is 7.11 Å². The van der Waals surface area contributed by atoms with Gasteiger partial charge in [-0.2, -0.15) is 0 Å². The number of fused-ring (bicyclic) bond motifs is 1. The highest BCUT2D eigenvalue weighted by Crippen LogP contribution is 2.40. The zero-order valence-electron chi connectivity index (χ0n) is 6.80. The van der Waals surface area contributed by atoms with E-state index in [1.165, 1.54) is 10.1 Å². The Bertz CT molecular complexity index is 450. The van der Waals surface area contributed by atoms with E-state index in [0.717, 1.165) is 14.0 Å². The maximum atomic E-state index is 5.15. The average Bonchev–Trinajstić information content (AvgIpc) is 2.42. The van der Waals surface area contributed by atoms with Gasteiger partial charge in [0.05, 0.1) is 15.4 Å². The molecule has 13 heavy (non-hydrogen) atoms. The van der Waals surface area contributed by atoms with E-state index in [9.17, 15) is 0 Å². The fraction of sp³-hybridized carbons (Fsp3) is 0.111. The lowest BCUT2D eigenvalue weighted by molar-refractivity contribution is 0.415. The molecule has 0 saturated carbocycles. The molecule has 0 N–H and O–H groups in total. The summed E-state index contributed by atoms with van der Waals surface area (Å²) in [7, 11) is 1.68. The summed E-state index contributed by atoms with van der Waals surface area (Å²) in [4.78, 5) is 0. The summed E-state index contributed by atoms with van der Waals surface area (Å²) in [5, 5.41) is 1.22. The van der Waals surface area contributed by atoms with Gasteiger partial charge in [-0.25, -0.2) is 0 Å². The van der Waals surface area contributed by atoms with Crippen LogP contribution in [-0.2, 0) is 0 Å². The number of hydrogen-bond acceptors (Lipinski definition) is 2. The summed E-state index contributed by atoms with van der Waals surface area (Å²) in [6.45, 7) is 0. The van der Waals surface area contributed by atoms with Crippen LogP contribution < -0.4 is 4.74 Å². The van der Waals surface area contributed by atoms with Gasteiger partial charge in [0.2, 0.25) is 0 Å². The number of hydrogen-bond donors (Lipinski definition) is 0. The van der Waals surface area contributed by atoms with E-state index in [2.05, 4.69) is 37.9 Å². The number of rotatable bonds is 1. The summed E-state index contributed by atoms with van der Waals surface area (Å²) >= 11 is 8.70. The number of methoxy groups -OCH3 is 1. The van der Waals surface area contributed by atoms with Crippen molar-refractivity contribution in [2.75, 3.05) is 7.11 Å². The Labute approximate surface area is 97.0 Å². The van der Waals surface area contributed by atoms with Gasteiger partial charge in [-0.3, -0.25) is 0 Å². The van der Waals surface area contributed by atoms with Crippen molar-refractivity contribution in [2.45, 2.75) is 0 Å². The van der Waals surface area contributed by atoms with Crippen molar-refractivity contribution in [2.24, 2.45) is 0 Å². The van der Waals surface area contributed by atoms with Gasteiger partial charge in [-0.1, -0.05) is 0 Å². The maximum Gasteiger partial charge on any atom is 0.120 e. The lowest BCUT2D eigenvalue weighted by Crippen LogP contribution is -1.79. The number of benzene rings is 1. The standard InChI is InChI=1S/C9H6Br2OS/c1-12-5-2-3-6-7(4-5)13-9(11)8(6)10/h2-4H,1H3. The molecule has 4 heteroatoms. The minimum absolute atomic E-state index is 0.897. The fourth-order valence-corrected chi connectivity index (χ4v) is 3.45. The van der Waals surface area contributed by atoms with Crippen LogP contribution in [0, 0.1) is 0 Å². The molecule has 68 valence electrons. The van der Waals surface area contributed by atoms with E-state index < -0.39 is 0 Å². The molecule has 0 aliphatic rings. The number of halogens is 2. The Kier molecular flexibility index (Phi) is 2.62. The van der Waals surface area contributed by atoms with E-state index in [1.54, 1.807) is 18.4 Å². The molecule has 2 aromatic rings. The first-order chi connectivity index (χ1) is 6.22. The molecule has 0 spiro atoms. The van der Waals surface area contributed by atoms with Crippen LogP contribution in [0.2, 0.25) is 0 Å². The van der Waals surface area contributed by atoms with E-state index in [4.69, 9.17) is 4.74 Å². The fourth-order valence-electron chi connectivity index (χ4n) is 1.14. The van der Waals surface area contributed by atoms with Gasteiger partial charge in [-0.05, 0) is 50.1 Å². The molecule has 1 nitrogen and oxygen atoms in total. The smallest absolute Gasteiger partial charge is 0.120 e. The van der Waals surface area contributed by atoms with Gasteiger partial charge < -0.3 is 4.74 Å². The first kappa shape index (κ1) is 9.49. The van der Waals surface area contributed by atoms with Crippen LogP contribution in [0.3, 0.4) is 0 Å². The summed E-state index contributed by atoms with van der Waals surface area (Å²) in [6, 6.07) is 6.06. The maximum absolute atomic E-state index is 5.15. The Balaban J connectivity index is 2.73. The zero-order chi connectivity index (χ0) is 9.42. The molecule has 0 atom stereocenters. The Morgan fingerprint density at radius 1 is 1.31 bits per heavy atom. The minimum Gasteiger partial charge on any atom is -0.497 e. The van der Waals surface area contributed by atoms with Gasteiger partial charge in [0, 0.05) is 10.1 Å². The predicted octanol–water partition coefficient (Wildman–Crippen LogP) is 4.43. The van der Waals surface area contributed by atoms with Crippen molar-refractivity contribution in [1.29, 1.82) is 0 Å². The third-order valence-corrected chi connectivity index (χ3v) is 5.24. The van der Waals surface area contributed by atoms with Crippen LogP contribution in [0.15, 0.2) is 26.5 Å². The molecule has 0 amide bonds. The van der Waals surface area contributed by atoms with E-state index >= 15 is 0 Å². The number of ether oxygens (including phenoxy) is 1. The third-order valence-electron chi connectivity index (χ3n) is 1.80. The Morgan fingerprint density at radius 2 is 2.08 bits per heavy atom. The van der Waals surface area contributed by atoms with Crippen LogP contribution in [0.5, 0.6) is 5.75 Å². The van der Waals surface area contributed by atoms with Gasteiger partial charge in [0.15, 0.2) is 0 Å². The Morgan fingerprint density at radius 3 is 2.77 bits per heavy atom. The molecular formula is C9H6Br2OS. The predicted molar refractivity (Wildman–Crippen MR) is 63.8 cm³/mol. The summed E-state index contributed by atoms with van der Waals surface area (Å²) in [6.07, 6.45) is 0.